The summed E-state index contributed by atoms with van der Waals surface area (Å²) in [4.78, 5) is 51.6. The van der Waals surface area contributed by atoms with Crippen LogP contribution in [0.4, 0.5) is 0 Å². The van der Waals surface area contributed by atoms with Crippen LogP contribution < -0.4 is 25.7 Å². The average molecular weight is 925 g/mol. The first-order chi connectivity index (χ1) is 30.5. The maximum absolute atomic E-state index is 12.9. The number of aliphatic carboxylic acids is 2. The van der Waals surface area contributed by atoms with Crippen molar-refractivity contribution in [3.05, 3.63) is 136 Å². The smallest absolute Gasteiger partial charge is 0.678 e. The third-order valence-electron chi connectivity index (χ3n) is 12.7. The van der Waals surface area contributed by atoms with E-state index >= 15 is 0 Å². The van der Waals surface area contributed by atoms with Gasteiger partial charge in [-0.15, -0.1) is 33.5 Å². The quantitative estimate of drug-likeness (QED) is 0.0535. The van der Waals surface area contributed by atoms with E-state index in [0.29, 0.717) is 52.5 Å². The van der Waals surface area contributed by atoms with Crippen LogP contribution in [0.3, 0.4) is 0 Å². The minimum atomic E-state index is -0.997. The summed E-state index contributed by atoms with van der Waals surface area (Å²) in [6, 6.07) is -0.644. The van der Waals surface area contributed by atoms with Gasteiger partial charge in [0.1, 0.15) is 6.29 Å². The van der Waals surface area contributed by atoms with Gasteiger partial charge in [0.25, 0.3) is 0 Å². The molecule has 0 saturated heterocycles. The molecule has 0 fully saturated rings. The van der Waals surface area contributed by atoms with Gasteiger partial charge in [-0.3, -0.25) is 14.4 Å². The number of aldehydes is 1. The number of aliphatic hydroxyl groups is 1. The predicted octanol–water partition coefficient (Wildman–Crippen LogP) is 9.69. The standard InChI is InChI=1S/C54H71N4O6.Fe/c1-10-39-36(7)44-29-50-54(51(60)22-14-21-35(6)20-13-19-34(5)18-12-17-33(4)16-11-15-32(2)3)38(9)45(57-50)28-49-42(31-59)41(24-26-53(63)64)48(58-49)30-47-40(23-25-52(61)62)37(8)43(56-47)27-46(39)55-44;/h15,17,19,21,27,29-31,49,51,60H,10-14,16,18,20,22-26,28H2,1-9H3,(H5,55,56,57,59,61,62,63,64);/q-1;+4/p-3/b33-17+,34-19+,35-21+;/t49-,51-;/m0./s1. The number of aliphatic hydroxyl groups excluding tert-OH is 1. The minimum absolute atomic E-state index is 0. The molecule has 2 atom stereocenters. The molecule has 3 N–H and O–H groups in total. The van der Waals surface area contributed by atoms with E-state index < -0.39 is 24.1 Å². The second-order valence-corrected chi connectivity index (χ2v) is 18.0. The molecule has 0 radical (unpaired) electrons. The molecule has 0 spiro atoms. The number of hydrogen-bond acceptors (Lipinski definition) is 4. The number of rotatable bonds is 21. The van der Waals surface area contributed by atoms with Gasteiger partial charge in [0, 0.05) is 12.8 Å². The second-order valence-electron chi connectivity index (χ2n) is 18.0. The van der Waals surface area contributed by atoms with E-state index in [1.807, 2.05) is 32.9 Å². The number of carboxylic acids is 2. The molecule has 8 bridgehead atoms. The molecule has 0 saturated carbocycles. The number of hydrogen-bond donors (Lipinski definition) is 3. The Hall–Kier alpha value is -5.09. The van der Waals surface area contributed by atoms with Gasteiger partial charge in [-0.05, 0) is 137 Å². The number of carbonyl (C=O) groups excluding carboxylic acids is 1. The number of allylic oxidation sites excluding steroid dienone is 9. The van der Waals surface area contributed by atoms with Crippen LogP contribution in [0, 0.1) is 20.8 Å². The Balaban J connectivity index is 0.00000925. The van der Waals surface area contributed by atoms with Crippen LogP contribution in [0.1, 0.15) is 174 Å². The van der Waals surface area contributed by atoms with Gasteiger partial charge in [-0.25, -0.2) is 0 Å². The van der Waals surface area contributed by atoms with E-state index in [1.165, 1.54) is 22.3 Å². The molecule has 11 heteroatoms. The van der Waals surface area contributed by atoms with Crippen LogP contribution in [-0.2, 0) is 50.7 Å². The fraction of sp³-hybridized carbons (Fsp3) is 0.463. The van der Waals surface area contributed by atoms with Gasteiger partial charge in [-0.1, -0.05) is 118 Å². The van der Waals surface area contributed by atoms with Gasteiger partial charge in [0.2, 0.25) is 0 Å². The number of carboxylic acid groups (broad SMARTS) is 2. The summed E-state index contributed by atoms with van der Waals surface area (Å²) < 4.78 is 0. The molecular formula is C54H68FeN4O6. The zero-order valence-corrected chi connectivity index (χ0v) is 41.0. The largest absolute Gasteiger partial charge is 4.00 e. The number of fused-ring (bicyclic) bond motifs is 8. The number of nitrogens with zero attached hydrogens (tertiary/aromatic N) is 4. The summed E-state index contributed by atoms with van der Waals surface area (Å²) in [7, 11) is 0. The molecule has 2 aliphatic heterocycles. The van der Waals surface area contributed by atoms with Crippen molar-refractivity contribution < 1.29 is 46.8 Å². The first kappa shape index (κ1) is 52.5. The molecule has 3 aromatic rings. The number of aromatic nitrogens is 3. The van der Waals surface area contributed by atoms with Crippen molar-refractivity contribution in [2.45, 2.75) is 164 Å². The summed E-state index contributed by atoms with van der Waals surface area (Å²) in [5.41, 5.74) is 14.6. The monoisotopic (exact) mass is 924 g/mol. The van der Waals surface area contributed by atoms with Crippen molar-refractivity contribution in [3.63, 3.8) is 0 Å². The van der Waals surface area contributed by atoms with E-state index in [0.717, 1.165) is 95.3 Å². The summed E-state index contributed by atoms with van der Waals surface area (Å²) >= 11 is 0. The van der Waals surface area contributed by atoms with Crippen LogP contribution >= 0.6 is 0 Å². The molecule has 65 heavy (non-hydrogen) atoms. The maximum atomic E-state index is 12.9. The Morgan fingerprint density at radius 3 is 1.86 bits per heavy atom. The molecule has 0 aromatic carbocycles. The molecule has 10 nitrogen and oxygen atoms in total. The van der Waals surface area contributed by atoms with Gasteiger partial charge in [0.15, 0.2) is 0 Å². The van der Waals surface area contributed by atoms with Crippen molar-refractivity contribution >= 4 is 36.5 Å². The second kappa shape index (κ2) is 24.4. The summed E-state index contributed by atoms with van der Waals surface area (Å²) in [5, 5.41) is 37.8. The van der Waals surface area contributed by atoms with E-state index in [9.17, 15) is 29.7 Å². The fourth-order valence-corrected chi connectivity index (χ4v) is 8.92. The molecule has 2 aliphatic rings. The van der Waals surface area contributed by atoms with E-state index in [1.54, 1.807) is 6.08 Å². The van der Waals surface area contributed by atoms with E-state index in [-0.39, 0.29) is 49.2 Å². The van der Waals surface area contributed by atoms with Crippen LogP contribution in [-0.4, -0.2) is 39.6 Å². The molecule has 5 heterocycles. The molecular weight excluding hydrogens is 856 g/mol. The van der Waals surface area contributed by atoms with Gasteiger partial charge >= 0.3 is 29.0 Å². The van der Waals surface area contributed by atoms with Gasteiger partial charge in [-0.2, -0.15) is 5.69 Å². The van der Waals surface area contributed by atoms with Crippen LogP contribution in [0.2, 0.25) is 0 Å². The van der Waals surface area contributed by atoms with E-state index in [2.05, 4.69) is 65.8 Å². The Kier molecular flexibility index (Phi) is 19.8. The van der Waals surface area contributed by atoms with E-state index in [4.69, 9.17) is 20.3 Å². The van der Waals surface area contributed by atoms with Crippen molar-refractivity contribution in [3.8, 4) is 0 Å². The van der Waals surface area contributed by atoms with Crippen molar-refractivity contribution in [2.24, 2.45) is 0 Å². The normalized spacial score (nSPS) is 17.5. The van der Waals surface area contributed by atoms with Crippen LogP contribution in [0.25, 0.3) is 23.5 Å². The SMILES string of the molecule is CCc1c(C)/c2[n-]/c1=C\c1[n-]c(c(CCC(=O)O)c1C)/C=C1\[N-][C@@H](Cc3[n-]c(c([C@@H](O)CC/C=C(\C)CC/C=C(\C)CC/C=C(\C)CCC=C(C)C)c3C)\C=2)C(C=O)=C1CCC(=O)O.[Fe+4]. The Morgan fingerprint density at radius 2 is 1.28 bits per heavy atom. The fourth-order valence-electron chi connectivity index (χ4n) is 8.92. The first-order valence-corrected chi connectivity index (χ1v) is 23.0. The minimum Gasteiger partial charge on any atom is -0.678 e. The maximum Gasteiger partial charge on any atom is 4.00 e. The Labute approximate surface area is 396 Å². The number of carbonyl (C=O) groups is 3. The zero-order chi connectivity index (χ0) is 46.7. The predicted molar refractivity (Wildman–Crippen MR) is 257 cm³/mol. The summed E-state index contributed by atoms with van der Waals surface area (Å²) in [6.45, 7) is 18.9. The molecule has 348 valence electrons. The molecule has 0 aliphatic carbocycles. The van der Waals surface area contributed by atoms with Crippen LogP contribution in [0.5, 0.6) is 0 Å². The van der Waals surface area contributed by atoms with Crippen molar-refractivity contribution in [1.82, 2.24) is 15.0 Å². The van der Waals surface area contributed by atoms with Crippen molar-refractivity contribution in [2.75, 3.05) is 0 Å². The van der Waals surface area contributed by atoms with Gasteiger partial charge < -0.3 is 35.6 Å². The molecule has 0 unspecified atom stereocenters. The molecule has 5 rings (SSSR count). The Bertz CT molecular complexity index is 2530. The third-order valence-corrected chi connectivity index (χ3v) is 12.7. The van der Waals surface area contributed by atoms with Crippen LogP contribution in [0.15, 0.2) is 63.4 Å². The molecule has 3 aromatic heterocycles. The average Bonchev–Trinajstić information content (AvgIpc) is 3.91. The Morgan fingerprint density at radius 1 is 0.692 bits per heavy atom. The van der Waals surface area contributed by atoms with Gasteiger partial charge in [0.05, 0.1) is 6.10 Å². The summed E-state index contributed by atoms with van der Waals surface area (Å²) in [5.74, 6) is -1.93. The topological polar surface area (TPSA) is 168 Å². The first-order valence-electron chi connectivity index (χ1n) is 23.0. The zero-order valence-electron chi connectivity index (χ0n) is 39.9. The third kappa shape index (κ3) is 14.0. The summed E-state index contributed by atoms with van der Waals surface area (Å²) in [6.07, 6.45) is 23.3. The van der Waals surface area contributed by atoms with Crippen molar-refractivity contribution in [1.29, 1.82) is 0 Å². The molecule has 0 amide bonds.